The van der Waals surface area contributed by atoms with E-state index < -0.39 is 29.6 Å². The Morgan fingerprint density at radius 3 is 2.12 bits per heavy atom. The number of urea groups is 1. The SMILES string of the molecule is CC(=O)[C@H](CCCNC(N)=O)NC(=O)[C@@H](CC(=O)OC(C)(C)C)C(C)C. The first-order valence-electron chi connectivity index (χ1n) is 8.89. The molecule has 0 unspecified atom stereocenters. The Balaban J connectivity index is 4.80. The van der Waals surface area contributed by atoms with Crippen molar-refractivity contribution in [2.75, 3.05) is 6.54 Å². The van der Waals surface area contributed by atoms with Crippen molar-refractivity contribution in [1.82, 2.24) is 10.6 Å². The first kappa shape index (κ1) is 23.9. The van der Waals surface area contributed by atoms with E-state index in [0.29, 0.717) is 19.4 Å². The molecular formula is C18H33N3O5. The third kappa shape index (κ3) is 10.7. The van der Waals surface area contributed by atoms with Crippen LogP contribution in [0, 0.1) is 11.8 Å². The first-order valence-corrected chi connectivity index (χ1v) is 8.89. The minimum atomic E-state index is -0.669. The lowest BCUT2D eigenvalue weighted by Crippen LogP contribution is -2.45. The van der Waals surface area contributed by atoms with Crippen LogP contribution >= 0.6 is 0 Å². The molecule has 0 aromatic rings. The van der Waals surface area contributed by atoms with Crippen LogP contribution in [0.4, 0.5) is 4.79 Å². The van der Waals surface area contributed by atoms with Gasteiger partial charge in [-0.3, -0.25) is 14.4 Å². The standard InChI is InChI=1S/C18H33N3O5/c1-11(2)13(10-15(23)26-18(4,5)6)16(24)21-14(12(3)22)8-7-9-20-17(19)25/h11,13-14H,7-10H2,1-6H3,(H,21,24)(H3,19,20,25)/t13-,14-/m0/s1. The molecule has 0 bridgehead atoms. The van der Waals surface area contributed by atoms with Gasteiger partial charge in [-0.2, -0.15) is 0 Å². The second kappa shape index (κ2) is 10.8. The molecule has 0 rings (SSSR count). The van der Waals surface area contributed by atoms with Gasteiger partial charge in [0.2, 0.25) is 5.91 Å². The molecule has 4 N–H and O–H groups in total. The first-order chi connectivity index (χ1) is 11.8. The van der Waals surface area contributed by atoms with E-state index in [-0.39, 0.29) is 24.0 Å². The zero-order valence-electron chi connectivity index (χ0n) is 16.7. The molecule has 8 heteroatoms. The van der Waals surface area contributed by atoms with Crippen molar-refractivity contribution in [3.05, 3.63) is 0 Å². The van der Waals surface area contributed by atoms with Gasteiger partial charge < -0.3 is 21.1 Å². The van der Waals surface area contributed by atoms with Gasteiger partial charge in [0.25, 0.3) is 0 Å². The zero-order valence-corrected chi connectivity index (χ0v) is 16.7. The zero-order chi connectivity index (χ0) is 20.5. The lowest BCUT2D eigenvalue weighted by atomic mass is 9.91. The minimum Gasteiger partial charge on any atom is -0.460 e. The van der Waals surface area contributed by atoms with E-state index in [1.165, 1.54) is 6.92 Å². The van der Waals surface area contributed by atoms with E-state index in [4.69, 9.17) is 10.5 Å². The molecule has 0 spiro atoms. The quantitative estimate of drug-likeness (QED) is 0.396. The van der Waals surface area contributed by atoms with Crippen molar-refractivity contribution in [3.63, 3.8) is 0 Å². The Morgan fingerprint density at radius 2 is 1.69 bits per heavy atom. The van der Waals surface area contributed by atoms with Crippen LogP contribution in [0.5, 0.6) is 0 Å². The van der Waals surface area contributed by atoms with Gasteiger partial charge in [0.1, 0.15) is 5.60 Å². The predicted molar refractivity (Wildman–Crippen MR) is 98.2 cm³/mol. The molecule has 8 nitrogen and oxygen atoms in total. The second-order valence-corrected chi connectivity index (χ2v) is 7.75. The van der Waals surface area contributed by atoms with Crippen LogP contribution in [0.25, 0.3) is 0 Å². The molecule has 0 heterocycles. The van der Waals surface area contributed by atoms with Crippen molar-refractivity contribution in [1.29, 1.82) is 0 Å². The number of ether oxygens (including phenoxy) is 1. The number of hydrogen-bond acceptors (Lipinski definition) is 5. The fourth-order valence-electron chi connectivity index (χ4n) is 2.37. The molecule has 0 aromatic heterocycles. The molecule has 2 atom stereocenters. The summed E-state index contributed by atoms with van der Waals surface area (Å²) in [6.45, 7) is 10.7. The van der Waals surface area contributed by atoms with Gasteiger partial charge in [0.15, 0.2) is 5.78 Å². The van der Waals surface area contributed by atoms with Gasteiger partial charge in [-0.05, 0) is 46.5 Å². The number of rotatable bonds is 10. The molecule has 0 radical (unpaired) electrons. The van der Waals surface area contributed by atoms with E-state index in [9.17, 15) is 19.2 Å². The molecule has 26 heavy (non-hydrogen) atoms. The summed E-state index contributed by atoms with van der Waals surface area (Å²) >= 11 is 0. The summed E-state index contributed by atoms with van der Waals surface area (Å²) in [4.78, 5) is 47.1. The van der Waals surface area contributed by atoms with E-state index in [1.807, 2.05) is 13.8 Å². The van der Waals surface area contributed by atoms with Crippen LogP contribution < -0.4 is 16.4 Å². The fourth-order valence-corrected chi connectivity index (χ4v) is 2.37. The maximum Gasteiger partial charge on any atom is 0.312 e. The summed E-state index contributed by atoms with van der Waals surface area (Å²) in [6.07, 6.45) is 0.819. The van der Waals surface area contributed by atoms with Gasteiger partial charge >= 0.3 is 12.0 Å². The molecule has 0 aromatic carbocycles. The highest BCUT2D eigenvalue weighted by atomic mass is 16.6. The number of amides is 3. The molecule has 0 aliphatic rings. The molecule has 0 saturated heterocycles. The maximum atomic E-state index is 12.6. The number of primary amides is 1. The molecule has 0 aliphatic heterocycles. The predicted octanol–water partition coefficient (Wildman–Crippen LogP) is 1.51. The Bertz CT molecular complexity index is 511. The Kier molecular flexibility index (Phi) is 9.90. The molecule has 0 aliphatic carbocycles. The third-order valence-electron chi connectivity index (χ3n) is 3.72. The number of hydrogen-bond donors (Lipinski definition) is 3. The number of nitrogens with one attached hydrogen (secondary N) is 2. The fraction of sp³-hybridized carbons (Fsp3) is 0.778. The Morgan fingerprint density at radius 1 is 1.12 bits per heavy atom. The number of esters is 1. The lowest BCUT2D eigenvalue weighted by Gasteiger charge is -2.25. The van der Waals surface area contributed by atoms with E-state index in [2.05, 4.69) is 10.6 Å². The number of nitrogens with two attached hydrogens (primary N) is 1. The summed E-state index contributed by atoms with van der Waals surface area (Å²) in [6, 6.07) is -1.30. The number of ketones is 1. The van der Waals surface area contributed by atoms with Crippen LogP contribution in [-0.2, 0) is 19.1 Å². The Labute approximate surface area is 155 Å². The molecule has 0 fully saturated rings. The van der Waals surface area contributed by atoms with Gasteiger partial charge in [-0.15, -0.1) is 0 Å². The van der Waals surface area contributed by atoms with Crippen LogP contribution in [-0.4, -0.2) is 41.9 Å². The van der Waals surface area contributed by atoms with Gasteiger partial charge in [0.05, 0.1) is 18.4 Å². The summed E-state index contributed by atoms with van der Waals surface area (Å²) in [5, 5.41) is 5.15. The highest BCUT2D eigenvalue weighted by Gasteiger charge is 2.30. The highest BCUT2D eigenvalue weighted by molar-refractivity contribution is 5.90. The molecule has 150 valence electrons. The number of carbonyl (C=O) groups excluding carboxylic acids is 4. The molecular weight excluding hydrogens is 338 g/mol. The normalized spacial score (nSPS) is 13.7. The topological polar surface area (TPSA) is 128 Å². The average Bonchev–Trinajstić information content (AvgIpc) is 2.44. The summed E-state index contributed by atoms with van der Waals surface area (Å²) < 4.78 is 5.28. The van der Waals surface area contributed by atoms with Crippen molar-refractivity contribution >= 4 is 23.7 Å². The van der Waals surface area contributed by atoms with E-state index in [0.717, 1.165) is 0 Å². The summed E-state index contributed by atoms with van der Waals surface area (Å²) in [5.74, 6) is -1.66. The largest absolute Gasteiger partial charge is 0.460 e. The maximum absolute atomic E-state index is 12.6. The highest BCUT2D eigenvalue weighted by Crippen LogP contribution is 2.19. The van der Waals surface area contributed by atoms with Crippen LogP contribution in [0.15, 0.2) is 0 Å². The van der Waals surface area contributed by atoms with Crippen molar-refractivity contribution in [3.8, 4) is 0 Å². The minimum absolute atomic E-state index is 0.0470. The van der Waals surface area contributed by atoms with Gasteiger partial charge in [-0.1, -0.05) is 13.8 Å². The monoisotopic (exact) mass is 371 g/mol. The van der Waals surface area contributed by atoms with Crippen LogP contribution in [0.3, 0.4) is 0 Å². The lowest BCUT2D eigenvalue weighted by molar-refractivity contribution is -0.158. The van der Waals surface area contributed by atoms with E-state index >= 15 is 0 Å². The van der Waals surface area contributed by atoms with Gasteiger partial charge in [0, 0.05) is 6.54 Å². The van der Waals surface area contributed by atoms with Crippen LogP contribution in [0.1, 0.15) is 60.8 Å². The third-order valence-corrected chi connectivity index (χ3v) is 3.72. The van der Waals surface area contributed by atoms with Crippen molar-refractivity contribution in [2.24, 2.45) is 17.6 Å². The van der Waals surface area contributed by atoms with Crippen molar-refractivity contribution in [2.45, 2.75) is 72.4 Å². The molecule has 3 amide bonds. The number of Topliss-reactive ketones (excluding diaryl/α,β-unsaturated/α-hetero) is 1. The van der Waals surface area contributed by atoms with E-state index in [1.54, 1.807) is 20.8 Å². The smallest absolute Gasteiger partial charge is 0.312 e. The Hall–Kier alpha value is -2.12. The summed E-state index contributed by atoms with van der Waals surface area (Å²) in [5.41, 5.74) is 4.36. The second-order valence-electron chi connectivity index (χ2n) is 7.75. The van der Waals surface area contributed by atoms with Crippen LogP contribution in [0.2, 0.25) is 0 Å². The molecule has 0 saturated carbocycles. The summed E-state index contributed by atoms with van der Waals surface area (Å²) in [7, 11) is 0. The number of carbonyl (C=O) groups is 4. The van der Waals surface area contributed by atoms with Gasteiger partial charge in [-0.25, -0.2) is 4.79 Å². The average molecular weight is 371 g/mol. The van der Waals surface area contributed by atoms with Crippen molar-refractivity contribution < 1.29 is 23.9 Å².